The molecular weight excluding hydrogens is 518 g/mol. The van der Waals surface area contributed by atoms with Crippen LogP contribution >= 0.6 is 0 Å². The molecule has 38 heavy (non-hydrogen) atoms. The molecule has 0 aliphatic heterocycles. The van der Waals surface area contributed by atoms with Crippen molar-refractivity contribution in [3.63, 3.8) is 0 Å². The molecule has 0 saturated heterocycles. The Morgan fingerprint density at radius 1 is 1.13 bits per heavy atom. The lowest BCUT2D eigenvalue weighted by molar-refractivity contribution is 0.173. The predicted octanol–water partition coefficient (Wildman–Crippen LogP) is 7.21. The average Bonchev–Trinajstić information content (AvgIpc) is 3.16. The molecule has 1 fully saturated rings. The van der Waals surface area contributed by atoms with E-state index in [9.17, 15) is 26.0 Å². The lowest BCUT2D eigenvalue weighted by Crippen LogP contribution is -2.43. The highest BCUT2D eigenvalue weighted by atomic mass is 32.2. The van der Waals surface area contributed by atoms with Gasteiger partial charge >= 0.3 is 0 Å². The Balaban J connectivity index is 2.03. The van der Waals surface area contributed by atoms with Gasteiger partial charge in [-0.05, 0) is 66.3 Å². The highest BCUT2D eigenvalue weighted by Gasteiger charge is 2.47. The van der Waals surface area contributed by atoms with Crippen LogP contribution in [-0.4, -0.2) is 32.9 Å². The monoisotopic (exact) mass is 553 g/mol. The van der Waals surface area contributed by atoms with Crippen LogP contribution in [0.3, 0.4) is 0 Å². The fourth-order valence-electron chi connectivity index (χ4n) is 5.56. The Kier molecular flexibility index (Phi) is 9.52. The quantitative estimate of drug-likeness (QED) is 0.231. The van der Waals surface area contributed by atoms with E-state index >= 15 is 0 Å². The van der Waals surface area contributed by atoms with Crippen LogP contribution in [0.4, 0.5) is 17.6 Å². The minimum absolute atomic E-state index is 0.0552. The van der Waals surface area contributed by atoms with Gasteiger partial charge in [0.25, 0.3) is 0 Å². The fraction of sp³-hybridized carbons (Fsp3) is 0.500. The molecule has 10 heteroatoms. The molecule has 0 N–H and O–H groups in total. The molecule has 0 radical (unpaired) electrons. The van der Waals surface area contributed by atoms with Crippen LogP contribution in [0.2, 0.25) is 0 Å². The second kappa shape index (κ2) is 12.1. The molecule has 2 aromatic rings. The van der Waals surface area contributed by atoms with E-state index in [0.29, 0.717) is 6.42 Å². The Bertz CT molecular complexity index is 1290. The third-order valence-corrected chi connectivity index (χ3v) is 9.41. The normalized spacial score (nSPS) is 22.8. The van der Waals surface area contributed by atoms with Gasteiger partial charge in [0.2, 0.25) is 10.0 Å². The lowest BCUT2D eigenvalue weighted by atomic mass is 9.73. The summed E-state index contributed by atoms with van der Waals surface area (Å²) in [6.45, 7) is 7.99. The standard InChI is InChI=1S/C28H35F4N3O2S/c1-6-35(38(36,37)16-19-14-20(29)10-11-23(19)30)17-28(4)13-12-21(18(2)3)22(28)15-26(34-33-5)27-24(31)8-7-9-25(27)32/h7-11,14-15,18,21-22H,6,12-13,16-17H2,1-5H3/b26-15-,34-33?/t21-,22+,28?/m1/s1. The molecular formula is C28H35F4N3O2S. The second-order valence-electron chi connectivity index (χ2n) is 10.5. The van der Waals surface area contributed by atoms with Gasteiger partial charge in [-0.1, -0.05) is 39.8 Å². The maximum atomic E-state index is 14.7. The second-order valence-corrected chi connectivity index (χ2v) is 12.5. The highest BCUT2D eigenvalue weighted by molar-refractivity contribution is 7.88. The van der Waals surface area contributed by atoms with Gasteiger partial charge in [0.15, 0.2) is 0 Å². The summed E-state index contributed by atoms with van der Waals surface area (Å²) in [5.74, 6) is -3.69. The predicted molar refractivity (Wildman–Crippen MR) is 141 cm³/mol. The summed E-state index contributed by atoms with van der Waals surface area (Å²) in [5.41, 5.74) is -1.08. The topological polar surface area (TPSA) is 62.1 Å². The van der Waals surface area contributed by atoms with Gasteiger partial charge < -0.3 is 0 Å². The number of benzene rings is 2. The molecule has 208 valence electrons. The Labute approximate surface area is 222 Å². The zero-order valence-electron chi connectivity index (χ0n) is 22.4. The summed E-state index contributed by atoms with van der Waals surface area (Å²) in [4.78, 5) is 0. The van der Waals surface area contributed by atoms with Crippen LogP contribution < -0.4 is 0 Å². The van der Waals surface area contributed by atoms with Gasteiger partial charge in [-0.3, -0.25) is 0 Å². The Hall–Kier alpha value is -2.59. The first-order valence-corrected chi connectivity index (χ1v) is 14.3. The maximum Gasteiger partial charge on any atom is 0.218 e. The van der Waals surface area contributed by atoms with Gasteiger partial charge in [0.1, 0.15) is 23.3 Å². The van der Waals surface area contributed by atoms with Crippen LogP contribution in [0, 0.1) is 46.4 Å². The zero-order valence-corrected chi connectivity index (χ0v) is 23.2. The molecule has 5 nitrogen and oxygen atoms in total. The number of sulfonamides is 1. The molecule has 0 amide bonds. The first-order valence-electron chi connectivity index (χ1n) is 12.7. The first kappa shape index (κ1) is 30.0. The van der Waals surface area contributed by atoms with Gasteiger partial charge in [-0.25, -0.2) is 30.3 Å². The molecule has 3 rings (SSSR count). The molecule has 1 aliphatic carbocycles. The van der Waals surface area contributed by atoms with Gasteiger partial charge in [0, 0.05) is 25.7 Å². The molecule has 0 bridgehead atoms. The molecule has 1 unspecified atom stereocenters. The molecule has 0 aromatic heterocycles. The molecule has 1 aliphatic rings. The summed E-state index contributed by atoms with van der Waals surface area (Å²) in [5, 5.41) is 7.84. The number of hydrogen-bond donors (Lipinski definition) is 0. The number of azo groups is 1. The smallest absolute Gasteiger partial charge is 0.212 e. The molecule has 1 saturated carbocycles. The number of nitrogens with zero attached hydrogens (tertiary/aromatic N) is 3. The summed E-state index contributed by atoms with van der Waals surface area (Å²) >= 11 is 0. The van der Waals surface area contributed by atoms with Gasteiger partial charge in [0.05, 0.1) is 17.0 Å². The van der Waals surface area contributed by atoms with E-state index in [1.165, 1.54) is 17.4 Å². The molecule has 0 spiro atoms. The lowest BCUT2D eigenvalue weighted by Gasteiger charge is -2.37. The van der Waals surface area contributed by atoms with Crippen LogP contribution in [0.15, 0.2) is 52.7 Å². The van der Waals surface area contributed by atoms with Gasteiger partial charge in [-0.2, -0.15) is 10.2 Å². The largest absolute Gasteiger partial charge is 0.218 e. The highest BCUT2D eigenvalue weighted by Crippen LogP contribution is 2.52. The third kappa shape index (κ3) is 6.51. The van der Waals surface area contributed by atoms with Crippen LogP contribution in [-0.2, 0) is 15.8 Å². The summed E-state index contributed by atoms with van der Waals surface area (Å²) in [7, 11) is -2.60. The molecule has 3 atom stereocenters. The van der Waals surface area contributed by atoms with Crippen LogP contribution in [0.1, 0.15) is 51.7 Å². The maximum absolute atomic E-state index is 14.7. The number of halogens is 4. The number of hydrogen-bond acceptors (Lipinski definition) is 4. The van der Waals surface area contributed by atoms with Crippen LogP contribution in [0.25, 0.3) is 5.70 Å². The van der Waals surface area contributed by atoms with E-state index in [-0.39, 0.29) is 47.7 Å². The molecule has 0 heterocycles. The van der Waals surface area contributed by atoms with Crippen molar-refractivity contribution < 1.29 is 26.0 Å². The summed E-state index contributed by atoms with van der Waals surface area (Å²) < 4.78 is 85.4. The van der Waals surface area contributed by atoms with E-state index in [1.807, 2.05) is 6.92 Å². The van der Waals surface area contributed by atoms with Crippen molar-refractivity contribution in [2.24, 2.45) is 33.4 Å². The summed E-state index contributed by atoms with van der Waals surface area (Å²) in [6, 6.07) is 6.33. The van der Waals surface area contributed by atoms with Crippen molar-refractivity contribution in [3.8, 4) is 0 Å². The number of allylic oxidation sites excluding steroid dienone is 1. The Morgan fingerprint density at radius 2 is 1.79 bits per heavy atom. The van der Waals surface area contributed by atoms with Crippen molar-refractivity contribution in [2.75, 3.05) is 20.1 Å². The zero-order chi connectivity index (χ0) is 28.3. The van der Waals surface area contributed by atoms with E-state index in [0.717, 1.165) is 36.8 Å². The van der Waals surface area contributed by atoms with E-state index in [1.54, 1.807) is 13.0 Å². The van der Waals surface area contributed by atoms with Crippen molar-refractivity contribution in [3.05, 3.63) is 76.9 Å². The van der Waals surface area contributed by atoms with E-state index in [2.05, 4.69) is 24.1 Å². The van der Waals surface area contributed by atoms with Crippen molar-refractivity contribution >= 4 is 15.7 Å². The first-order chi connectivity index (χ1) is 17.8. The van der Waals surface area contributed by atoms with Crippen LogP contribution in [0.5, 0.6) is 0 Å². The van der Waals surface area contributed by atoms with Crippen molar-refractivity contribution in [1.82, 2.24) is 4.31 Å². The van der Waals surface area contributed by atoms with E-state index < -0.39 is 44.5 Å². The Morgan fingerprint density at radius 3 is 2.37 bits per heavy atom. The minimum Gasteiger partial charge on any atom is -0.212 e. The van der Waals surface area contributed by atoms with Crippen molar-refractivity contribution in [2.45, 2.75) is 46.3 Å². The average molecular weight is 554 g/mol. The molecule has 2 aromatic carbocycles. The third-order valence-electron chi connectivity index (χ3n) is 7.56. The summed E-state index contributed by atoms with van der Waals surface area (Å²) in [6.07, 6.45) is 3.16. The van der Waals surface area contributed by atoms with Gasteiger partial charge in [-0.15, -0.1) is 0 Å². The SMILES string of the molecule is CCN(CC1(C)CC[C@H](C(C)C)[C@@H]1/C=C(\N=NC)c1c(F)cccc1F)S(=O)(=O)Cc1cc(F)ccc1F. The fourth-order valence-corrected chi connectivity index (χ4v) is 7.24. The van der Waals surface area contributed by atoms with E-state index in [4.69, 9.17) is 0 Å². The number of rotatable bonds is 10. The minimum atomic E-state index is -4.01. The van der Waals surface area contributed by atoms with Crippen molar-refractivity contribution in [1.29, 1.82) is 0 Å².